The molecule has 0 amide bonds. The SMILES string of the molecule is CC(C)=NOCCCCCCOc1c(Cl)cc(OCC=C(Br)Br)c(Cl)c1Cl. The number of nitrogens with zero attached hydrogens (tertiary/aromatic N) is 1. The Kier molecular flexibility index (Phi) is 12.9. The molecule has 0 unspecified atom stereocenters. The van der Waals surface area contributed by atoms with E-state index in [4.69, 9.17) is 49.1 Å². The van der Waals surface area contributed by atoms with Crippen LogP contribution in [0.5, 0.6) is 11.5 Å². The average Bonchev–Trinajstić information content (AvgIpc) is 2.59. The van der Waals surface area contributed by atoms with Crippen LogP contribution in [0.2, 0.25) is 15.1 Å². The van der Waals surface area contributed by atoms with E-state index in [9.17, 15) is 0 Å². The highest BCUT2D eigenvalue weighted by molar-refractivity contribution is 9.28. The summed E-state index contributed by atoms with van der Waals surface area (Å²) < 4.78 is 12.1. The van der Waals surface area contributed by atoms with Crippen molar-refractivity contribution in [2.45, 2.75) is 39.5 Å². The fourth-order valence-electron chi connectivity index (χ4n) is 1.96. The molecule has 0 bridgehead atoms. The summed E-state index contributed by atoms with van der Waals surface area (Å²) in [5, 5.41) is 4.78. The molecule has 1 aromatic rings. The number of hydrogen-bond donors (Lipinski definition) is 0. The van der Waals surface area contributed by atoms with Crippen molar-refractivity contribution in [3.05, 3.63) is 30.6 Å². The molecule has 1 rings (SSSR count). The quantitative estimate of drug-likeness (QED) is 0.111. The third-order valence-electron chi connectivity index (χ3n) is 3.18. The Balaban J connectivity index is 2.41. The maximum Gasteiger partial charge on any atom is 0.158 e. The summed E-state index contributed by atoms with van der Waals surface area (Å²) in [5.74, 6) is 0.783. The highest BCUT2D eigenvalue weighted by atomic mass is 79.9. The van der Waals surface area contributed by atoms with Crippen LogP contribution in [0.25, 0.3) is 0 Å². The van der Waals surface area contributed by atoms with Crippen LogP contribution in [0.1, 0.15) is 39.5 Å². The molecule has 0 aliphatic rings. The predicted molar refractivity (Wildman–Crippen MR) is 122 cm³/mol. The summed E-state index contributed by atoms with van der Waals surface area (Å²) >= 11 is 25.3. The lowest BCUT2D eigenvalue weighted by molar-refractivity contribution is 0.139. The molecular weight excluding hydrogens is 544 g/mol. The van der Waals surface area contributed by atoms with E-state index >= 15 is 0 Å². The largest absolute Gasteiger partial charge is 0.490 e. The molecule has 0 aliphatic carbocycles. The van der Waals surface area contributed by atoms with Gasteiger partial charge in [-0.15, -0.1) is 0 Å². The molecule has 0 fully saturated rings. The van der Waals surface area contributed by atoms with Crippen molar-refractivity contribution in [2.75, 3.05) is 19.8 Å². The summed E-state index contributed by atoms with van der Waals surface area (Å²) in [7, 11) is 0. The zero-order chi connectivity index (χ0) is 20.2. The number of halogens is 5. The molecule has 0 aliphatic heterocycles. The first-order valence-electron chi connectivity index (χ1n) is 8.40. The first-order valence-corrected chi connectivity index (χ1v) is 11.1. The van der Waals surface area contributed by atoms with Crippen molar-refractivity contribution in [3.8, 4) is 11.5 Å². The lowest BCUT2D eigenvalue weighted by atomic mass is 10.2. The summed E-state index contributed by atoms with van der Waals surface area (Å²) in [6.45, 7) is 5.24. The van der Waals surface area contributed by atoms with Crippen molar-refractivity contribution in [3.63, 3.8) is 0 Å². The third kappa shape index (κ3) is 10.3. The van der Waals surface area contributed by atoms with Crippen LogP contribution in [0.15, 0.2) is 20.7 Å². The molecule has 0 atom stereocenters. The van der Waals surface area contributed by atoms with E-state index in [2.05, 4.69) is 37.0 Å². The first kappa shape index (κ1) is 24.9. The van der Waals surface area contributed by atoms with Gasteiger partial charge >= 0.3 is 0 Å². The van der Waals surface area contributed by atoms with E-state index in [1.165, 1.54) is 0 Å². The number of rotatable bonds is 12. The van der Waals surface area contributed by atoms with Crippen molar-refractivity contribution < 1.29 is 14.3 Å². The van der Waals surface area contributed by atoms with E-state index in [1.807, 2.05) is 13.8 Å². The second-order valence-electron chi connectivity index (χ2n) is 5.75. The zero-order valence-electron chi connectivity index (χ0n) is 15.2. The van der Waals surface area contributed by atoms with Crippen molar-refractivity contribution in [2.24, 2.45) is 5.16 Å². The molecule has 0 heterocycles. The minimum Gasteiger partial charge on any atom is -0.490 e. The third-order valence-corrected chi connectivity index (χ3v) is 4.94. The minimum atomic E-state index is 0.252. The smallest absolute Gasteiger partial charge is 0.158 e. The van der Waals surface area contributed by atoms with Gasteiger partial charge in [-0.25, -0.2) is 0 Å². The van der Waals surface area contributed by atoms with Crippen molar-refractivity contribution >= 4 is 72.4 Å². The fourth-order valence-corrected chi connectivity index (χ4v) is 2.96. The van der Waals surface area contributed by atoms with Crippen LogP contribution >= 0.6 is 66.7 Å². The highest BCUT2D eigenvalue weighted by Crippen LogP contribution is 2.44. The standard InChI is InChI=1S/C18H22Br2Cl3NO3/c1-12(2)24-27-9-6-4-3-5-8-26-18-13(21)11-14(16(22)17(18)23)25-10-7-15(19)20/h7,11H,3-6,8-10H2,1-2H3. The van der Waals surface area contributed by atoms with Gasteiger partial charge in [-0.1, -0.05) is 40.0 Å². The van der Waals surface area contributed by atoms with Gasteiger partial charge in [-0.2, -0.15) is 0 Å². The molecule has 0 saturated carbocycles. The van der Waals surface area contributed by atoms with Gasteiger partial charge in [0.2, 0.25) is 0 Å². The Hall–Kier alpha value is -0.140. The van der Waals surface area contributed by atoms with Crippen LogP contribution < -0.4 is 9.47 Å². The average molecular weight is 567 g/mol. The molecule has 9 heteroatoms. The van der Waals surface area contributed by atoms with Gasteiger partial charge in [0.15, 0.2) is 5.75 Å². The van der Waals surface area contributed by atoms with Crippen LogP contribution in [-0.2, 0) is 4.84 Å². The summed E-state index contributed by atoms with van der Waals surface area (Å²) in [6.07, 6.45) is 5.66. The van der Waals surface area contributed by atoms with Crippen LogP contribution in [0.4, 0.5) is 0 Å². The molecule has 0 radical (unpaired) electrons. The van der Waals surface area contributed by atoms with Crippen LogP contribution in [-0.4, -0.2) is 25.5 Å². The van der Waals surface area contributed by atoms with Crippen molar-refractivity contribution in [1.82, 2.24) is 0 Å². The van der Waals surface area contributed by atoms with Gasteiger partial charge in [0, 0.05) is 6.07 Å². The maximum atomic E-state index is 6.28. The van der Waals surface area contributed by atoms with E-state index < -0.39 is 0 Å². The Morgan fingerprint density at radius 3 is 2.30 bits per heavy atom. The fraction of sp³-hybridized carbons (Fsp3) is 0.500. The zero-order valence-corrected chi connectivity index (χ0v) is 20.6. The molecule has 152 valence electrons. The number of hydrogen-bond acceptors (Lipinski definition) is 4. The van der Waals surface area contributed by atoms with Crippen LogP contribution in [0, 0.1) is 0 Å². The van der Waals surface area contributed by atoms with Gasteiger partial charge in [-0.05, 0) is 77.5 Å². The normalized spacial score (nSPS) is 10.3. The van der Waals surface area contributed by atoms with Gasteiger partial charge in [0.25, 0.3) is 0 Å². The van der Waals surface area contributed by atoms with E-state index in [1.54, 1.807) is 12.1 Å². The van der Waals surface area contributed by atoms with Gasteiger partial charge in [-0.3, -0.25) is 0 Å². The Morgan fingerprint density at radius 1 is 1.00 bits per heavy atom. The summed E-state index contributed by atoms with van der Waals surface area (Å²) in [6, 6.07) is 1.61. The highest BCUT2D eigenvalue weighted by Gasteiger charge is 2.17. The molecule has 27 heavy (non-hydrogen) atoms. The van der Waals surface area contributed by atoms with E-state index in [-0.39, 0.29) is 10.0 Å². The number of unbranched alkanes of at least 4 members (excludes halogenated alkanes) is 3. The summed E-state index contributed by atoms with van der Waals surface area (Å²) in [4.78, 5) is 5.15. The molecule has 0 spiro atoms. The summed E-state index contributed by atoms with van der Waals surface area (Å²) in [5.41, 5.74) is 0.916. The molecular formula is C18H22Br2Cl3NO3. The lowest BCUT2D eigenvalue weighted by Gasteiger charge is -2.14. The number of ether oxygens (including phenoxy) is 2. The van der Waals surface area contributed by atoms with Gasteiger partial charge in [0.05, 0.1) is 20.7 Å². The lowest BCUT2D eigenvalue weighted by Crippen LogP contribution is -2.01. The van der Waals surface area contributed by atoms with Gasteiger partial charge in [0.1, 0.15) is 29.0 Å². The van der Waals surface area contributed by atoms with E-state index in [0.717, 1.165) is 34.8 Å². The Morgan fingerprint density at radius 2 is 1.67 bits per heavy atom. The monoisotopic (exact) mass is 563 g/mol. The predicted octanol–water partition coefficient (Wildman–Crippen LogP) is 8.01. The molecule has 0 aromatic heterocycles. The first-order chi connectivity index (χ1) is 12.8. The van der Waals surface area contributed by atoms with E-state index in [0.29, 0.717) is 36.3 Å². The Bertz CT molecular complexity index is 662. The molecule has 0 saturated heterocycles. The topological polar surface area (TPSA) is 40.0 Å². The second kappa shape index (κ2) is 13.9. The second-order valence-corrected chi connectivity index (χ2v) is 9.69. The Labute approximate surface area is 192 Å². The molecule has 4 nitrogen and oxygen atoms in total. The molecule has 0 N–H and O–H groups in total. The maximum absolute atomic E-state index is 6.28. The number of oxime groups is 1. The minimum absolute atomic E-state index is 0.252. The molecule has 1 aromatic carbocycles. The van der Waals surface area contributed by atoms with Gasteiger partial charge < -0.3 is 14.3 Å². The van der Waals surface area contributed by atoms with Crippen LogP contribution in [0.3, 0.4) is 0 Å². The van der Waals surface area contributed by atoms with Crippen molar-refractivity contribution in [1.29, 1.82) is 0 Å². The number of benzene rings is 1.